The number of rotatable bonds is 9. The molecule has 3 rings (SSSR count). The van der Waals surface area contributed by atoms with E-state index in [-0.39, 0.29) is 17.8 Å². The van der Waals surface area contributed by atoms with Crippen LogP contribution in [0.25, 0.3) is 5.69 Å². The van der Waals surface area contributed by atoms with E-state index in [1.807, 2.05) is 60.9 Å². The number of aryl methyl sites for hydroxylation is 1. The van der Waals surface area contributed by atoms with E-state index in [1.165, 1.54) is 11.8 Å². The van der Waals surface area contributed by atoms with Crippen molar-refractivity contribution in [2.75, 3.05) is 6.61 Å². The van der Waals surface area contributed by atoms with Gasteiger partial charge >= 0.3 is 5.97 Å². The van der Waals surface area contributed by atoms with Gasteiger partial charge in [0.1, 0.15) is 17.6 Å². The van der Waals surface area contributed by atoms with Crippen molar-refractivity contribution in [1.82, 2.24) is 14.8 Å². The summed E-state index contributed by atoms with van der Waals surface area (Å²) in [6, 6.07) is 15.3. The topological polar surface area (TPSA) is 66.2 Å². The first-order chi connectivity index (χ1) is 14.5. The van der Waals surface area contributed by atoms with Crippen LogP contribution in [0.5, 0.6) is 5.75 Å². The number of carbonyl (C=O) groups is 1. The fourth-order valence-corrected chi connectivity index (χ4v) is 3.93. The normalized spacial score (nSPS) is 11.9. The minimum atomic E-state index is -0.357. The highest BCUT2D eigenvalue weighted by Gasteiger charge is 2.24. The highest BCUT2D eigenvalue weighted by molar-refractivity contribution is 8.00. The van der Waals surface area contributed by atoms with Crippen LogP contribution < -0.4 is 4.74 Å². The van der Waals surface area contributed by atoms with Gasteiger partial charge in [0.25, 0.3) is 0 Å². The maximum atomic E-state index is 12.3. The van der Waals surface area contributed by atoms with Crippen LogP contribution >= 0.6 is 23.4 Å². The Kier molecular flexibility index (Phi) is 7.76. The maximum Gasteiger partial charge on any atom is 0.319 e. The van der Waals surface area contributed by atoms with Crippen molar-refractivity contribution in [3.63, 3.8) is 0 Å². The summed E-state index contributed by atoms with van der Waals surface area (Å²) in [6.45, 7) is 6.25. The number of ether oxygens (including phenoxy) is 2. The van der Waals surface area contributed by atoms with E-state index in [4.69, 9.17) is 21.1 Å². The van der Waals surface area contributed by atoms with Gasteiger partial charge in [-0.3, -0.25) is 9.36 Å². The van der Waals surface area contributed by atoms with Crippen LogP contribution in [0.2, 0.25) is 5.02 Å². The molecule has 2 aromatic carbocycles. The van der Waals surface area contributed by atoms with Gasteiger partial charge in [-0.2, -0.15) is 0 Å². The molecule has 1 aromatic heterocycles. The van der Waals surface area contributed by atoms with Crippen molar-refractivity contribution in [3.8, 4) is 11.4 Å². The molecule has 8 heteroatoms. The molecule has 0 aliphatic rings. The Hall–Kier alpha value is -2.51. The summed E-state index contributed by atoms with van der Waals surface area (Å²) < 4.78 is 13.0. The largest absolute Gasteiger partial charge is 0.486 e. The van der Waals surface area contributed by atoms with Crippen molar-refractivity contribution in [3.05, 3.63) is 64.9 Å². The van der Waals surface area contributed by atoms with E-state index < -0.39 is 0 Å². The molecule has 1 heterocycles. The number of carbonyl (C=O) groups excluding carboxylic acids is 1. The van der Waals surface area contributed by atoms with Gasteiger partial charge in [-0.05, 0) is 56.2 Å². The zero-order valence-electron chi connectivity index (χ0n) is 17.2. The average molecular weight is 446 g/mol. The Morgan fingerprint density at radius 3 is 2.60 bits per heavy atom. The second-order valence-corrected chi connectivity index (χ2v) is 8.11. The van der Waals surface area contributed by atoms with Crippen LogP contribution in [0.3, 0.4) is 0 Å². The number of hydrogen-bond acceptors (Lipinski definition) is 6. The minimum Gasteiger partial charge on any atom is -0.486 e. The van der Waals surface area contributed by atoms with E-state index in [1.54, 1.807) is 13.0 Å². The average Bonchev–Trinajstić information content (AvgIpc) is 3.16. The zero-order valence-corrected chi connectivity index (χ0v) is 18.7. The first-order valence-corrected chi connectivity index (χ1v) is 11.0. The predicted octanol–water partition coefficient (Wildman–Crippen LogP) is 5.24. The smallest absolute Gasteiger partial charge is 0.319 e. The number of halogens is 1. The number of esters is 1. The van der Waals surface area contributed by atoms with Gasteiger partial charge in [-0.15, -0.1) is 10.2 Å². The molecule has 0 unspecified atom stereocenters. The SMILES string of the molecule is CCOC(=O)[C@@H](CC)Sc1nnc(COc2ccc(Cl)c(C)c2)n1-c1ccccc1. The summed E-state index contributed by atoms with van der Waals surface area (Å²) >= 11 is 7.44. The molecule has 0 saturated heterocycles. The molecule has 1 atom stereocenters. The van der Waals surface area contributed by atoms with Crippen molar-refractivity contribution >= 4 is 29.3 Å². The molecule has 0 radical (unpaired) electrons. The van der Waals surface area contributed by atoms with Crippen molar-refractivity contribution < 1.29 is 14.3 Å². The molecule has 0 spiro atoms. The zero-order chi connectivity index (χ0) is 21.5. The molecule has 0 saturated carbocycles. The quantitative estimate of drug-likeness (QED) is 0.331. The number of para-hydroxylation sites is 1. The second-order valence-electron chi connectivity index (χ2n) is 6.54. The van der Waals surface area contributed by atoms with Crippen LogP contribution in [0, 0.1) is 6.92 Å². The lowest BCUT2D eigenvalue weighted by Crippen LogP contribution is -2.20. The monoisotopic (exact) mass is 445 g/mol. The summed E-state index contributed by atoms with van der Waals surface area (Å²) in [5.41, 5.74) is 1.84. The summed E-state index contributed by atoms with van der Waals surface area (Å²) in [7, 11) is 0. The van der Waals surface area contributed by atoms with E-state index in [9.17, 15) is 4.79 Å². The molecular weight excluding hydrogens is 422 g/mol. The Balaban J connectivity index is 1.88. The lowest BCUT2D eigenvalue weighted by Gasteiger charge is -2.15. The van der Waals surface area contributed by atoms with Gasteiger partial charge in [-0.25, -0.2) is 0 Å². The molecule has 0 aliphatic carbocycles. The van der Waals surface area contributed by atoms with Crippen LogP contribution in [0.1, 0.15) is 31.7 Å². The van der Waals surface area contributed by atoms with Gasteiger partial charge in [0.15, 0.2) is 11.0 Å². The molecule has 0 bridgehead atoms. The Morgan fingerprint density at radius 1 is 1.17 bits per heavy atom. The van der Waals surface area contributed by atoms with Gasteiger partial charge in [-0.1, -0.05) is 48.5 Å². The summed E-state index contributed by atoms with van der Waals surface area (Å²) in [5, 5.41) is 9.62. The number of aromatic nitrogens is 3. The fourth-order valence-electron chi connectivity index (χ4n) is 2.82. The van der Waals surface area contributed by atoms with Crippen molar-refractivity contribution in [2.24, 2.45) is 0 Å². The first kappa shape index (κ1) is 22.2. The van der Waals surface area contributed by atoms with Gasteiger partial charge < -0.3 is 9.47 Å². The molecular formula is C22H24ClN3O3S. The van der Waals surface area contributed by atoms with Gasteiger partial charge in [0.05, 0.1) is 6.61 Å². The van der Waals surface area contributed by atoms with Gasteiger partial charge in [0, 0.05) is 10.7 Å². The minimum absolute atomic E-state index is 0.222. The van der Waals surface area contributed by atoms with E-state index in [0.29, 0.717) is 34.8 Å². The van der Waals surface area contributed by atoms with E-state index in [0.717, 1.165) is 11.3 Å². The van der Waals surface area contributed by atoms with Crippen LogP contribution in [0.15, 0.2) is 53.7 Å². The fraction of sp³-hybridized carbons (Fsp3) is 0.318. The molecule has 0 N–H and O–H groups in total. The molecule has 30 heavy (non-hydrogen) atoms. The Labute approximate surface area is 185 Å². The molecule has 158 valence electrons. The third-order valence-electron chi connectivity index (χ3n) is 4.38. The Morgan fingerprint density at radius 2 is 1.93 bits per heavy atom. The lowest BCUT2D eigenvalue weighted by atomic mass is 10.2. The predicted molar refractivity (Wildman–Crippen MR) is 118 cm³/mol. The van der Waals surface area contributed by atoms with Crippen LogP contribution in [-0.4, -0.2) is 32.6 Å². The molecule has 0 fully saturated rings. The van der Waals surface area contributed by atoms with Crippen LogP contribution in [0.4, 0.5) is 0 Å². The number of hydrogen-bond donors (Lipinski definition) is 0. The first-order valence-electron chi connectivity index (χ1n) is 9.75. The number of nitrogens with zero attached hydrogens (tertiary/aromatic N) is 3. The van der Waals surface area contributed by atoms with Crippen molar-refractivity contribution in [1.29, 1.82) is 0 Å². The standard InChI is InChI=1S/C22H24ClN3O3S/c1-4-19(21(27)28-5-2)30-22-25-24-20(26(22)16-9-7-6-8-10-16)14-29-17-11-12-18(23)15(3)13-17/h6-13,19H,4-5,14H2,1-3H3/t19-/m1/s1. The van der Waals surface area contributed by atoms with Crippen molar-refractivity contribution in [2.45, 2.75) is 44.2 Å². The summed E-state index contributed by atoms with van der Waals surface area (Å²) in [4.78, 5) is 12.3. The Bertz CT molecular complexity index is 995. The summed E-state index contributed by atoms with van der Waals surface area (Å²) in [5.74, 6) is 1.09. The van der Waals surface area contributed by atoms with Gasteiger partial charge in [0.2, 0.25) is 0 Å². The molecule has 3 aromatic rings. The number of thioether (sulfide) groups is 1. The number of benzene rings is 2. The summed E-state index contributed by atoms with van der Waals surface area (Å²) in [6.07, 6.45) is 0.626. The molecule has 0 aliphatic heterocycles. The molecule has 6 nitrogen and oxygen atoms in total. The molecule has 0 amide bonds. The maximum absolute atomic E-state index is 12.3. The second kappa shape index (κ2) is 10.5. The van der Waals surface area contributed by atoms with E-state index in [2.05, 4.69) is 10.2 Å². The highest BCUT2D eigenvalue weighted by Crippen LogP contribution is 2.29. The van der Waals surface area contributed by atoms with E-state index >= 15 is 0 Å². The highest BCUT2D eigenvalue weighted by atomic mass is 35.5. The van der Waals surface area contributed by atoms with Crippen LogP contribution in [-0.2, 0) is 16.1 Å². The lowest BCUT2D eigenvalue weighted by molar-refractivity contribution is -0.142. The third-order valence-corrected chi connectivity index (χ3v) is 6.09. The third kappa shape index (κ3) is 5.34.